The molecule has 0 amide bonds. The van der Waals surface area contributed by atoms with Crippen molar-refractivity contribution in [3.05, 3.63) is 78.4 Å². The maximum atomic E-state index is 12.2. The van der Waals surface area contributed by atoms with Crippen molar-refractivity contribution in [2.24, 2.45) is 0 Å². The smallest absolute Gasteiger partial charge is 0.346 e. The van der Waals surface area contributed by atoms with Gasteiger partial charge in [0.05, 0.1) is 24.3 Å². The zero-order valence-electron chi connectivity index (χ0n) is 20.4. The Morgan fingerprint density at radius 2 is 1.11 bits per heavy atom. The zero-order chi connectivity index (χ0) is 25.1. The molecule has 0 spiro atoms. The highest BCUT2D eigenvalue weighted by Gasteiger charge is 2.14. The second-order valence-corrected chi connectivity index (χ2v) is 8.32. The predicted octanol–water partition coefficient (Wildman–Crippen LogP) is 6.69. The quantitative estimate of drug-likeness (QED) is 0.109. The Labute approximate surface area is 208 Å². The summed E-state index contributed by atoms with van der Waals surface area (Å²) < 4.78 is 15.6. The number of ether oxygens (including phenoxy) is 3. The Bertz CT molecular complexity index is 905. The van der Waals surface area contributed by atoms with Crippen LogP contribution in [0.1, 0.15) is 84.9 Å². The minimum absolute atomic E-state index is 0.303. The topological polar surface area (TPSA) is 78.9 Å². The van der Waals surface area contributed by atoms with Crippen LogP contribution >= 0.6 is 0 Å². The van der Waals surface area contributed by atoms with Gasteiger partial charge < -0.3 is 14.2 Å². The highest BCUT2D eigenvalue weighted by Crippen LogP contribution is 2.15. The molecule has 0 aromatic heterocycles. The summed E-state index contributed by atoms with van der Waals surface area (Å²) in [7, 11) is 0. The molecule has 0 aliphatic carbocycles. The number of carbonyl (C=O) groups excluding carboxylic acids is 3. The minimum Gasteiger partial charge on any atom is -0.494 e. The van der Waals surface area contributed by atoms with Crippen molar-refractivity contribution in [1.82, 2.24) is 0 Å². The summed E-state index contributed by atoms with van der Waals surface area (Å²) in [5.41, 5.74) is 0.638. The van der Waals surface area contributed by atoms with Crippen LogP contribution in [0.5, 0.6) is 5.75 Å². The first kappa shape index (κ1) is 27.8. The fourth-order valence-electron chi connectivity index (χ4n) is 3.50. The fourth-order valence-corrected chi connectivity index (χ4v) is 3.50. The standard InChI is InChI=1S/C29H36O6/c1-2-27(30)34-23-15-10-8-6-4-3-5-7-9-14-22-33-26-20-18-25(19-21-26)29(32)35-28(31)24-16-12-11-13-17-24/h2,11-13,16-21H,1,3-10,14-15,22-23H2. The van der Waals surface area contributed by atoms with Gasteiger partial charge in [0.15, 0.2) is 0 Å². The third kappa shape index (κ3) is 12.0. The lowest BCUT2D eigenvalue weighted by atomic mass is 10.1. The van der Waals surface area contributed by atoms with Gasteiger partial charge in [-0.25, -0.2) is 14.4 Å². The number of hydrogen-bond donors (Lipinski definition) is 0. The molecular formula is C29H36O6. The van der Waals surface area contributed by atoms with Crippen molar-refractivity contribution in [1.29, 1.82) is 0 Å². The highest BCUT2D eigenvalue weighted by molar-refractivity contribution is 6.02. The number of carbonyl (C=O) groups is 3. The first-order chi connectivity index (χ1) is 17.1. The third-order valence-electron chi connectivity index (χ3n) is 5.50. The molecule has 0 atom stereocenters. The van der Waals surface area contributed by atoms with Gasteiger partial charge >= 0.3 is 17.9 Å². The van der Waals surface area contributed by atoms with Crippen molar-refractivity contribution in [3.8, 4) is 5.75 Å². The number of benzene rings is 2. The monoisotopic (exact) mass is 480 g/mol. The third-order valence-corrected chi connectivity index (χ3v) is 5.50. The summed E-state index contributed by atoms with van der Waals surface area (Å²) >= 11 is 0. The van der Waals surface area contributed by atoms with Gasteiger partial charge in [-0.3, -0.25) is 0 Å². The van der Waals surface area contributed by atoms with Crippen molar-refractivity contribution >= 4 is 17.9 Å². The van der Waals surface area contributed by atoms with Crippen molar-refractivity contribution in [2.75, 3.05) is 13.2 Å². The van der Waals surface area contributed by atoms with Gasteiger partial charge in [-0.2, -0.15) is 0 Å². The van der Waals surface area contributed by atoms with E-state index in [1.165, 1.54) is 44.6 Å². The summed E-state index contributed by atoms with van der Waals surface area (Å²) in [5, 5.41) is 0. The van der Waals surface area contributed by atoms with Crippen molar-refractivity contribution in [3.63, 3.8) is 0 Å². The average molecular weight is 481 g/mol. The molecule has 6 heteroatoms. The summed E-state index contributed by atoms with van der Waals surface area (Å²) in [6.45, 7) is 4.49. The molecule has 0 radical (unpaired) electrons. The van der Waals surface area contributed by atoms with Crippen LogP contribution in [0.15, 0.2) is 67.3 Å². The second-order valence-electron chi connectivity index (χ2n) is 8.32. The molecule has 188 valence electrons. The Hall–Kier alpha value is -3.41. The maximum absolute atomic E-state index is 12.2. The minimum atomic E-state index is -0.681. The van der Waals surface area contributed by atoms with E-state index in [0.29, 0.717) is 30.1 Å². The predicted molar refractivity (Wildman–Crippen MR) is 135 cm³/mol. The normalized spacial score (nSPS) is 10.4. The molecule has 2 aromatic carbocycles. The highest BCUT2D eigenvalue weighted by atomic mass is 16.6. The van der Waals surface area contributed by atoms with E-state index in [0.717, 1.165) is 25.7 Å². The SMILES string of the molecule is C=CC(=O)OCCCCCCCCCCCCOc1ccc(C(=O)OC(=O)c2ccccc2)cc1. The first-order valence-corrected chi connectivity index (χ1v) is 12.4. The molecule has 0 saturated heterocycles. The van der Waals surface area contributed by atoms with Crippen LogP contribution in [0.3, 0.4) is 0 Å². The Morgan fingerprint density at radius 3 is 1.66 bits per heavy atom. The Kier molecular flexibility index (Phi) is 13.6. The van der Waals surface area contributed by atoms with Crippen LogP contribution in [-0.4, -0.2) is 31.1 Å². The Morgan fingerprint density at radius 1 is 0.629 bits per heavy atom. The van der Waals surface area contributed by atoms with E-state index in [9.17, 15) is 14.4 Å². The number of esters is 3. The molecule has 0 unspecified atom stereocenters. The van der Waals surface area contributed by atoms with E-state index in [1.54, 1.807) is 54.6 Å². The van der Waals surface area contributed by atoms with Gasteiger partial charge in [0.1, 0.15) is 5.75 Å². The maximum Gasteiger partial charge on any atom is 0.346 e. The molecule has 0 aliphatic heterocycles. The molecule has 2 rings (SSSR count). The number of hydrogen-bond acceptors (Lipinski definition) is 6. The number of unbranched alkanes of at least 4 members (excludes halogenated alkanes) is 9. The summed E-state index contributed by atoms with van der Waals surface area (Å²) in [4.78, 5) is 35.1. The Balaban J connectivity index is 1.46. The molecule has 2 aromatic rings. The van der Waals surface area contributed by atoms with E-state index in [4.69, 9.17) is 14.2 Å². The van der Waals surface area contributed by atoms with Gasteiger partial charge in [-0.15, -0.1) is 0 Å². The van der Waals surface area contributed by atoms with Crippen LogP contribution in [0.4, 0.5) is 0 Å². The van der Waals surface area contributed by atoms with E-state index in [1.807, 2.05) is 0 Å². The van der Waals surface area contributed by atoms with E-state index >= 15 is 0 Å². The lowest BCUT2D eigenvalue weighted by Crippen LogP contribution is -2.12. The summed E-state index contributed by atoms with van der Waals surface area (Å²) in [6, 6.07) is 15.1. The summed E-state index contributed by atoms with van der Waals surface area (Å²) in [5.74, 6) is -1.00. The molecule has 0 N–H and O–H groups in total. The lowest BCUT2D eigenvalue weighted by Gasteiger charge is -2.07. The average Bonchev–Trinajstić information content (AvgIpc) is 2.89. The molecule has 0 aliphatic rings. The molecular weight excluding hydrogens is 444 g/mol. The van der Waals surface area contributed by atoms with Crippen LogP contribution in [0.25, 0.3) is 0 Å². The van der Waals surface area contributed by atoms with Gasteiger partial charge in [-0.1, -0.05) is 76.1 Å². The van der Waals surface area contributed by atoms with E-state index in [-0.39, 0.29) is 5.97 Å². The molecule has 35 heavy (non-hydrogen) atoms. The van der Waals surface area contributed by atoms with Crippen LogP contribution in [0, 0.1) is 0 Å². The van der Waals surface area contributed by atoms with Crippen LogP contribution < -0.4 is 4.74 Å². The van der Waals surface area contributed by atoms with E-state index < -0.39 is 11.9 Å². The molecule has 0 fully saturated rings. The van der Waals surface area contributed by atoms with E-state index in [2.05, 4.69) is 6.58 Å². The van der Waals surface area contributed by atoms with Gasteiger partial charge in [0.25, 0.3) is 0 Å². The van der Waals surface area contributed by atoms with Crippen LogP contribution in [0.2, 0.25) is 0 Å². The molecule has 0 saturated carbocycles. The molecule has 0 heterocycles. The van der Waals surface area contributed by atoms with Crippen LogP contribution in [-0.2, 0) is 14.3 Å². The second kappa shape index (κ2) is 17.1. The molecule has 6 nitrogen and oxygen atoms in total. The fraction of sp³-hybridized carbons (Fsp3) is 0.414. The van der Waals surface area contributed by atoms with Gasteiger partial charge in [0.2, 0.25) is 0 Å². The van der Waals surface area contributed by atoms with Gasteiger partial charge in [0, 0.05) is 6.08 Å². The number of rotatable bonds is 17. The van der Waals surface area contributed by atoms with Crippen molar-refractivity contribution in [2.45, 2.75) is 64.2 Å². The van der Waals surface area contributed by atoms with Gasteiger partial charge in [-0.05, 0) is 49.2 Å². The zero-order valence-corrected chi connectivity index (χ0v) is 20.4. The summed E-state index contributed by atoms with van der Waals surface area (Å²) in [6.07, 6.45) is 12.6. The largest absolute Gasteiger partial charge is 0.494 e. The van der Waals surface area contributed by atoms with Crippen molar-refractivity contribution < 1.29 is 28.6 Å². The lowest BCUT2D eigenvalue weighted by molar-refractivity contribution is -0.137. The molecule has 0 bridgehead atoms. The first-order valence-electron chi connectivity index (χ1n) is 12.4.